The molecular weight excluding hydrogens is 444 g/mol. The maximum atomic E-state index is 13.6. The predicted molar refractivity (Wildman–Crippen MR) is 127 cm³/mol. The molecule has 0 saturated carbocycles. The summed E-state index contributed by atoms with van der Waals surface area (Å²) in [6, 6.07) is 23.1. The third kappa shape index (κ3) is 4.66. The van der Waals surface area contributed by atoms with Crippen molar-refractivity contribution in [3.05, 3.63) is 95.0 Å². The first-order chi connectivity index (χ1) is 15.4. The van der Waals surface area contributed by atoms with Gasteiger partial charge in [0.2, 0.25) is 5.91 Å². The van der Waals surface area contributed by atoms with E-state index >= 15 is 0 Å². The smallest absolute Gasteiger partial charge is 0.264 e. The van der Waals surface area contributed by atoms with Gasteiger partial charge in [0.05, 0.1) is 16.6 Å². The highest BCUT2D eigenvalue weighted by molar-refractivity contribution is 7.92. The van der Waals surface area contributed by atoms with Crippen LogP contribution in [-0.2, 0) is 14.8 Å². The van der Waals surface area contributed by atoms with Crippen LogP contribution in [0.25, 0.3) is 0 Å². The van der Waals surface area contributed by atoms with Gasteiger partial charge < -0.3 is 4.90 Å². The van der Waals surface area contributed by atoms with E-state index in [0.29, 0.717) is 17.3 Å². The number of rotatable bonds is 6. The quantitative estimate of drug-likeness (QED) is 0.499. The molecule has 1 aliphatic heterocycles. The molecule has 0 spiro atoms. The molecule has 0 aromatic heterocycles. The molecule has 1 aliphatic rings. The number of amides is 1. The number of halogens is 1. The molecule has 32 heavy (non-hydrogen) atoms. The molecule has 4 rings (SSSR count). The Morgan fingerprint density at radius 1 is 1.03 bits per heavy atom. The molecule has 3 aromatic rings. The zero-order valence-electron chi connectivity index (χ0n) is 17.8. The fourth-order valence-electron chi connectivity index (χ4n) is 4.13. The van der Waals surface area contributed by atoms with E-state index in [0.717, 1.165) is 24.0 Å². The Morgan fingerprint density at radius 2 is 1.75 bits per heavy atom. The first-order valence-corrected chi connectivity index (χ1v) is 12.4. The summed E-state index contributed by atoms with van der Waals surface area (Å²) in [5.41, 5.74) is 2.30. The molecule has 0 radical (unpaired) electrons. The highest BCUT2D eigenvalue weighted by atomic mass is 35.5. The minimum absolute atomic E-state index is 0.0440. The van der Waals surface area contributed by atoms with E-state index in [2.05, 4.69) is 0 Å². The van der Waals surface area contributed by atoms with Gasteiger partial charge in [-0.25, -0.2) is 8.42 Å². The fourth-order valence-corrected chi connectivity index (χ4v) is 5.77. The van der Waals surface area contributed by atoms with Gasteiger partial charge in [0.1, 0.15) is 6.54 Å². The molecule has 3 aromatic carbocycles. The van der Waals surface area contributed by atoms with E-state index in [-0.39, 0.29) is 23.4 Å². The van der Waals surface area contributed by atoms with Gasteiger partial charge in [-0.3, -0.25) is 9.10 Å². The van der Waals surface area contributed by atoms with E-state index < -0.39 is 10.0 Å². The summed E-state index contributed by atoms with van der Waals surface area (Å²) in [4.78, 5) is 15.4. The standard InChI is InChI=1S/C25H25ClN2O3S/c1-19-7-5-10-23(17-19)32(30,31)28(22-14-12-21(26)13-15-22)18-25(29)27-16-6-11-24(27)20-8-3-2-4-9-20/h2-5,7-10,12-15,17,24H,6,11,16,18H2,1H3. The highest BCUT2D eigenvalue weighted by Gasteiger charge is 2.34. The molecule has 1 fully saturated rings. The van der Waals surface area contributed by atoms with Crippen molar-refractivity contribution in [2.45, 2.75) is 30.7 Å². The van der Waals surface area contributed by atoms with Crippen molar-refractivity contribution in [1.82, 2.24) is 4.90 Å². The second-order valence-corrected chi connectivity index (χ2v) is 10.3. The van der Waals surface area contributed by atoms with Crippen LogP contribution in [0.5, 0.6) is 0 Å². The number of sulfonamides is 1. The minimum atomic E-state index is -3.95. The average molecular weight is 469 g/mol. The molecule has 1 heterocycles. The van der Waals surface area contributed by atoms with Crippen molar-refractivity contribution < 1.29 is 13.2 Å². The third-order valence-electron chi connectivity index (χ3n) is 5.73. The maximum Gasteiger partial charge on any atom is 0.264 e. The summed E-state index contributed by atoms with van der Waals surface area (Å²) in [7, 11) is -3.95. The van der Waals surface area contributed by atoms with Crippen LogP contribution in [0.15, 0.2) is 83.8 Å². The Balaban J connectivity index is 1.68. The zero-order valence-corrected chi connectivity index (χ0v) is 19.4. The van der Waals surface area contributed by atoms with Crippen LogP contribution in [0.1, 0.15) is 30.0 Å². The van der Waals surface area contributed by atoms with E-state index in [1.807, 2.05) is 43.3 Å². The number of benzene rings is 3. The lowest BCUT2D eigenvalue weighted by molar-refractivity contribution is -0.130. The maximum absolute atomic E-state index is 13.6. The van der Waals surface area contributed by atoms with Gasteiger partial charge >= 0.3 is 0 Å². The number of likely N-dealkylation sites (tertiary alicyclic amines) is 1. The first-order valence-electron chi connectivity index (χ1n) is 10.6. The molecule has 1 saturated heterocycles. The van der Waals surface area contributed by atoms with Crippen molar-refractivity contribution in [1.29, 1.82) is 0 Å². The van der Waals surface area contributed by atoms with E-state index in [1.165, 1.54) is 4.31 Å². The summed E-state index contributed by atoms with van der Waals surface area (Å²) < 4.78 is 28.4. The summed E-state index contributed by atoms with van der Waals surface area (Å²) in [6.45, 7) is 2.17. The Kier molecular flexibility index (Phi) is 6.53. The van der Waals surface area contributed by atoms with Crippen molar-refractivity contribution in [3.63, 3.8) is 0 Å². The SMILES string of the molecule is Cc1cccc(S(=O)(=O)N(CC(=O)N2CCCC2c2ccccc2)c2ccc(Cl)cc2)c1. The summed E-state index contributed by atoms with van der Waals surface area (Å²) in [5.74, 6) is -0.220. The molecule has 1 atom stereocenters. The van der Waals surface area contributed by atoms with Gasteiger partial charge in [-0.15, -0.1) is 0 Å². The zero-order chi connectivity index (χ0) is 22.7. The van der Waals surface area contributed by atoms with Crippen molar-refractivity contribution in [2.24, 2.45) is 0 Å². The van der Waals surface area contributed by atoms with Crippen LogP contribution in [0.2, 0.25) is 5.02 Å². The lowest BCUT2D eigenvalue weighted by Crippen LogP contribution is -2.42. The number of aryl methyl sites for hydroxylation is 1. The van der Waals surface area contributed by atoms with Crippen molar-refractivity contribution in [2.75, 3.05) is 17.4 Å². The number of carbonyl (C=O) groups is 1. The van der Waals surface area contributed by atoms with Gasteiger partial charge in [-0.2, -0.15) is 0 Å². The largest absolute Gasteiger partial charge is 0.334 e. The predicted octanol–water partition coefficient (Wildman–Crippen LogP) is 5.21. The number of hydrogen-bond acceptors (Lipinski definition) is 3. The highest BCUT2D eigenvalue weighted by Crippen LogP contribution is 2.33. The molecule has 1 unspecified atom stereocenters. The fraction of sp³-hybridized carbons (Fsp3) is 0.240. The molecule has 0 N–H and O–H groups in total. The van der Waals surface area contributed by atoms with E-state index in [4.69, 9.17) is 11.6 Å². The minimum Gasteiger partial charge on any atom is -0.334 e. The molecule has 7 heteroatoms. The monoisotopic (exact) mass is 468 g/mol. The van der Waals surface area contributed by atoms with E-state index in [9.17, 15) is 13.2 Å². The third-order valence-corrected chi connectivity index (χ3v) is 7.75. The number of nitrogens with zero attached hydrogens (tertiary/aromatic N) is 2. The van der Waals surface area contributed by atoms with Gasteiger partial charge in [0, 0.05) is 11.6 Å². The molecule has 1 amide bonds. The number of carbonyl (C=O) groups excluding carboxylic acids is 1. The van der Waals surface area contributed by atoms with Gasteiger partial charge in [0.25, 0.3) is 10.0 Å². The summed E-state index contributed by atoms with van der Waals surface area (Å²) in [6.07, 6.45) is 1.75. The first kappa shape index (κ1) is 22.4. The van der Waals surface area contributed by atoms with E-state index in [1.54, 1.807) is 47.4 Å². The van der Waals surface area contributed by atoms with Crippen LogP contribution < -0.4 is 4.31 Å². The lowest BCUT2D eigenvalue weighted by Gasteiger charge is -2.30. The Bertz CT molecular complexity index is 1200. The second-order valence-electron chi connectivity index (χ2n) is 7.96. The second kappa shape index (κ2) is 9.35. The molecular formula is C25H25ClN2O3S. The molecule has 5 nitrogen and oxygen atoms in total. The van der Waals surface area contributed by atoms with Crippen molar-refractivity contribution >= 4 is 33.2 Å². The van der Waals surface area contributed by atoms with Gasteiger partial charge in [0.15, 0.2) is 0 Å². The Hall–Kier alpha value is -2.83. The van der Waals surface area contributed by atoms with Crippen LogP contribution in [0, 0.1) is 6.92 Å². The molecule has 0 aliphatic carbocycles. The van der Waals surface area contributed by atoms with Crippen LogP contribution in [0.3, 0.4) is 0 Å². The van der Waals surface area contributed by atoms with Gasteiger partial charge in [-0.05, 0) is 67.3 Å². The van der Waals surface area contributed by atoms with Crippen LogP contribution in [0.4, 0.5) is 5.69 Å². The van der Waals surface area contributed by atoms with Gasteiger partial charge in [-0.1, -0.05) is 54.1 Å². The summed E-state index contributed by atoms with van der Waals surface area (Å²) in [5, 5.41) is 0.497. The Labute approximate surface area is 194 Å². The summed E-state index contributed by atoms with van der Waals surface area (Å²) >= 11 is 6.02. The van der Waals surface area contributed by atoms with Crippen LogP contribution in [-0.4, -0.2) is 32.3 Å². The molecule has 0 bridgehead atoms. The topological polar surface area (TPSA) is 57.7 Å². The number of anilines is 1. The Morgan fingerprint density at radius 3 is 2.44 bits per heavy atom. The average Bonchev–Trinajstić information content (AvgIpc) is 3.29. The lowest BCUT2D eigenvalue weighted by atomic mass is 10.0. The van der Waals surface area contributed by atoms with Crippen LogP contribution >= 0.6 is 11.6 Å². The molecule has 166 valence electrons. The normalized spacial score (nSPS) is 16.2. The number of hydrogen-bond donors (Lipinski definition) is 0. The van der Waals surface area contributed by atoms with Crippen molar-refractivity contribution in [3.8, 4) is 0 Å².